The van der Waals surface area contributed by atoms with E-state index in [0.29, 0.717) is 13.0 Å². The molecule has 0 radical (unpaired) electrons. The van der Waals surface area contributed by atoms with Gasteiger partial charge in [-0.3, -0.25) is 0 Å². The van der Waals surface area contributed by atoms with E-state index in [9.17, 15) is 9.90 Å². The molecule has 3 aromatic rings. The van der Waals surface area contributed by atoms with Gasteiger partial charge in [0.15, 0.2) is 6.10 Å². The summed E-state index contributed by atoms with van der Waals surface area (Å²) in [7, 11) is 0. The van der Waals surface area contributed by atoms with Crippen LogP contribution in [0.5, 0.6) is 5.75 Å². The van der Waals surface area contributed by atoms with Crippen molar-refractivity contribution in [1.82, 2.24) is 0 Å². The first-order valence-electron chi connectivity index (χ1n) is 12.1. The summed E-state index contributed by atoms with van der Waals surface area (Å²) in [6, 6.07) is 26.0. The number of carbonyl (C=O) groups is 1. The van der Waals surface area contributed by atoms with Crippen molar-refractivity contribution in [3.05, 3.63) is 95.6 Å². The highest BCUT2D eigenvalue weighted by molar-refractivity contribution is 5.74. The van der Waals surface area contributed by atoms with Gasteiger partial charge in [-0.2, -0.15) is 0 Å². The van der Waals surface area contributed by atoms with Crippen LogP contribution in [0.1, 0.15) is 42.4 Å². The van der Waals surface area contributed by atoms with Gasteiger partial charge in [-0.1, -0.05) is 67.6 Å². The molecule has 0 aliphatic carbocycles. The number of carboxylic acids is 1. The predicted octanol–water partition coefficient (Wildman–Crippen LogP) is 5.68. The van der Waals surface area contributed by atoms with Crippen molar-refractivity contribution >= 4 is 11.7 Å². The van der Waals surface area contributed by atoms with Crippen molar-refractivity contribution in [2.75, 3.05) is 24.6 Å². The Labute approximate surface area is 201 Å². The third-order valence-electron chi connectivity index (χ3n) is 6.47. The molecule has 178 valence electrons. The normalized spacial score (nSPS) is 14.8. The molecular formula is C29H33NO4. The van der Waals surface area contributed by atoms with Crippen LogP contribution in [-0.4, -0.2) is 36.9 Å². The van der Waals surface area contributed by atoms with Crippen LogP contribution in [0, 0.1) is 0 Å². The minimum atomic E-state index is -0.940. The first-order chi connectivity index (χ1) is 16.7. The van der Waals surface area contributed by atoms with Crippen molar-refractivity contribution in [2.45, 2.75) is 44.8 Å². The number of para-hydroxylation sites is 1. The Morgan fingerprint density at radius 3 is 2.47 bits per heavy atom. The SMILES string of the molecule is CCC(c1ccc(OCCN2CCCc3ccccc32)cc1)C(OCc1ccccc1)C(=O)O. The second-order valence-electron chi connectivity index (χ2n) is 8.71. The van der Waals surface area contributed by atoms with Gasteiger partial charge in [-0.05, 0) is 54.2 Å². The number of hydrogen-bond acceptors (Lipinski definition) is 4. The molecule has 34 heavy (non-hydrogen) atoms. The molecule has 0 spiro atoms. The molecule has 0 fully saturated rings. The summed E-state index contributed by atoms with van der Waals surface area (Å²) < 4.78 is 11.9. The second kappa shape index (κ2) is 11.7. The van der Waals surface area contributed by atoms with Crippen molar-refractivity contribution in [1.29, 1.82) is 0 Å². The fourth-order valence-corrected chi connectivity index (χ4v) is 4.67. The molecule has 0 bridgehead atoms. The highest BCUT2D eigenvalue weighted by atomic mass is 16.5. The van der Waals surface area contributed by atoms with E-state index in [0.717, 1.165) is 36.4 Å². The zero-order chi connectivity index (χ0) is 23.8. The Morgan fingerprint density at radius 1 is 1.00 bits per heavy atom. The molecular weight excluding hydrogens is 426 g/mol. The fraction of sp³-hybridized carbons (Fsp3) is 0.345. The maximum absolute atomic E-state index is 12.0. The van der Waals surface area contributed by atoms with Crippen LogP contribution in [0.4, 0.5) is 5.69 Å². The summed E-state index contributed by atoms with van der Waals surface area (Å²) in [5.41, 5.74) is 4.63. The lowest BCUT2D eigenvalue weighted by Gasteiger charge is -2.31. The number of aryl methyl sites for hydroxylation is 1. The molecule has 4 rings (SSSR count). The van der Waals surface area contributed by atoms with Gasteiger partial charge in [0.1, 0.15) is 12.4 Å². The number of nitrogens with zero attached hydrogens (tertiary/aromatic N) is 1. The average Bonchev–Trinajstić information content (AvgIpc) is 2.88. The minimum absolute atomic E-state index is 0.236. The number of fused-ring (bicyclic) bond motifs is 1. The zero-order valence-corrected chi connectivity index (χ0v) is 19.7. The van der Waals surface area contributed by atoms with Crippen LogP contribution >= 0.6 is 0 Å². The van der Waals surface area contributed by atoms with Gasteiger partial charge in [0.25, 0.3) is 0 Å². The van der Waals surface area contributed by atoms with Gasteiger partial charge in [0, 0.05) is 18.2 Å². The number of benzene rings is 3. The highest BCUT2D eigenvalue weighted by Gasteiger charge is 2.29. The Kier molecular flexibility index (Phi) is 8.21. The molecule has 0 amide bonds. The predicted molar refractivity (Wildman–Crippen MR) is 135 cm³/mol. The van der Waals surface area contributed by atoms with E-state index in [1.165, 1.54) is 17.7 Å². The molecule has 3 aromatic carbocycles. The van der Waals surface area contributed by atoms with Crippen LogP contribution in [0.15, 0.2) is 78.9 Å². The molecule has 0 aromatic heterocycles. The fourth-order valence-electron chi connectivity index (χ4n) is 4.67. The van der Waals surface area contributed by atoms with Crippen molar-refractivity contribution in [3.63, 3.8) is 0 Å². The molecule has 0 saturated carbocycles. The third-order valence-corrected chi connectivity index (χ3v) is 6.47. The van der Waals surface area contributed by atoms with E-state index in [2.05, 4.69) is 29.2 Å². The zero-order valence-electron chi connectivity index (χ0n) is 19.7. The molecule has 1 N–H and O–H groups in total. The monoisotopic (exact) mass is 459 g/mol. The van der Waals surface area contributed by atoms with Gasteiger partial charge in [0.05, 0.1) is 13.2 Å². The van der Waals surface area contributed by atoms with Crippen molar-refractivity contribution in [3.8, 4) is 5.75 Å². The van der Waals surface area contributed by atoms with Gasteiger partial charge in [-0.15, -0.1) is 0 Å². The number of rotatable bonds is 11. The summed E-state index contributed by atoms with van der Waals surface area (Å²) in [4.78, 5) is 14.4. The first-order valence-corrected chi connectivity index (χ1v) is 12.1. The van der Waals surface area contributed by atoms with E-state index in [4.69, 9.17) is 9.47 Å². The molecule has 1 aliphatic rings. The van der Waals surface area contributed by atoms with E-state index in [1.54, 1.807) is 0 Å². The lowest BCUT2D eigenvalue weighted by molar-refractivity contribution is -0.153. The Morgan fingerprint density at radius 2 is 1.74 bits per heavy atom. The highest BCUT2D eigenvalue weighted by Crippen LogP contribution is 2.29. The van der Waals surface area contributed by atoms with Gasteiger partial charge in [0.2, 0.25) is 0 Å². The molecule has 0 saturated heterocycles. The Balaban J connectivity index is 1.34. The van der Waals surface area contributed by atoms with Crippen LogP contribution in [0.2, 0.25) is 0 Å². The van der Waals surface area contributed by atoms with Crippen LogP contribution in [-0.2, 0) is 22.6 Å². The van der Waals surface area contributed by atoms with Crippen LogP contribution in [0.25, 0.3) is 0 Å². The van der Waals surface area contributed by atoms with E-state index in [1.807, 2.05) is 61.5 Å². The quantitative estimate of drug-likeness (QED) is 0.400. The maximum atomic E-state index is 12.0. The molecule has 2 unspecified atom stereocenters. The van der Waals surface area contributed by atoms with Crippen LogP contribution < -0.4 is 9.64 Å². The van der Waals surface area contributed by atoms with Gasteiger partial charge >= 0.3 is 5.97 Å². The first kappa shape index (κ1) is 23.8. The molecule has 1 heterocycles. The number of aliphatic carboxylic acids is 1. The standard InChI is InChI=1S/C29H33NO4/c1-2-26(28(29(31)32)34-21-22-9-4-3-5-10-22)23-14-16-25(17-15-23)33-20-19-30-18-8-12-24-11-6-7-13-27(24)30/h3-7,9-11,13-17,26,28H,2,8,12,18-21H2,1H3,(H,31,32). The second-order valence-corrected chi connectivity index (χ2v) is 8.71. The third kappa shape index (κ3) is 5.97. The summed E-state index contributed by atoms with van der Waals surface area (Å²) >= 11 is 0. The largest absolute Gasteiger partial charge is 0.492 e. The summed E-state index contributed by atoms with van der Waals surface area (Å²) in [5.74, 6) is -0.383. The van der Waals surface area contributed by atoms with Crippen molar-refractivity contribution in [2.24, 2.45) is 0 Å². The molecule has 2 atom stereocenters. The average molecular weight is 460 g/mol. The molecule has 1 aliphatic heterocycles. The number of ether oxygens (including phenoxy) is 2. The molecule has 5 nitrogen and oxygen atoms in total. The van der Waals surface area contributed by atoms with E-state index >= 15 is 0 Å². The van der Waals surface area contributed by atoms with Crippen molar-refractivity contribution < 1.29 is 19.4 Å². The summed E-state index contributed by atoms with van der Waals surface area (Å²) in [5, 5.41) is 9.82. The summed E-state index contributed by atoms with van der Waals surface area (Å²) in [6.07, 6.45) is 2.07. The lowest BCUT2D eigenvalue weighted by atomic mass is 9.90. The smallest absolute Gasteiger partial charge is 0.333 e. The minimum Gasteiger partial charge on any atom is -0.492 e. The topological polar surface area (TPSA) is 59.0 Å². The number of hydrogen-bond donors (Lipinski definition) is 1. The lowest BCUT2D eigenvalue weighted by Crippen LogP contribution is -2.33. The molecule has 5 heteroatoms. The number of anilines is 1. The maximum Gasteiger partial charge on any atom is 0.333 e. The number of carboxylic acid groups (broad SMARTS) is 1. The van der Waals surface area contributed by atoms with E-state index in [-0.39, 0.29) is 12.5 Å². The van der Waals surface area contributed by atoms with Crippen LogP contribution in [0.3, 0.4) is 0 Å². The summed E-state index contributed by atoms with van der Waals surface area (Å²) in [6.45, 7) is 4.76. The van der Waals surface area contributed by atoms with E-state index < -0.39 is 12.1 Å². The Bertz CT molecular complexity index is 1050. The van der Waals surface area contributed by atoms with Gasteiger partial charge < -0.3 is 19.5 Å². The Hall–Kier alpha value is -3.31. The van der Waals surface area contributed by atoms with Gasteiger partial charge in [-0.25, -0.2) is 4.79 Å².